The second-order valence-electron chi connectivity index (χ2n) is 5.46. The molecule has 0 unspecified atom stereocenters. The molecular formula is C15H19ClF6N2O. The highest BCUT2D eigenvalue weighted by Gasteiger charge is 2.44. The molecule has 0 aromatic heterocycles. The molecule has 25 heavy (non-hydrogen) atoms. The Morgan fingerprint density at radius 3 is 2.08 bits per heavy atom. The van der Waals surface area contributed by atoms with Gasteiger partial charge in [-0.25, -0.2) is 8.78 Å². The number of rotatable bonds is 7. The van der Waals surface area contributed by atoms with Crippen molar-refractivity contribution in [3.8, 4) is 5.75 Å². The Labute approximate surface area is 147 Å². The van der Waals surface area contributed by atoms with Crippen molar-refractivity contribution < 1.29 is 31.1 Å². The van der Waals surface area contributed by atoms with E-state index < -0.39 is 37.2 Å². The van der Waals surface area contributed by atoms with Crippen LogP contribution in [0.1, 0.15) is 18.0 Å². The molecular weight excluding hydrogens is 374 g/mol. The topological polar surface area (TPSA) is 24.5 Å². The van der Waals surface area contributed by atoms with Crippen LogP contribution in [0.3, 0.4) is 0 Å². The van der Waals surface area contributed by atoms with Crippen LogP contribution in [0.4, 0.5) is 26.3 Å². The van der Waals surface area contributed by atoms with Gasteiger partial charge in [0.2, 0.25) is 6.43 Å². The molecule has 1 saturated heterocycles. The Bertz CT molecular complexity index is 511. The zero-order chi connectivity index (χ0) is 17.7. The fraction of sp³-hybridized carbons (Fsp3) is 0.600. The van der Waals surface area contributed by atoms with Crippen LogP contribution in [0.5, 0.6) is 5.75 Å². The summed E-state index contributed by atoms with van der Waals surface area (Å²) in [5.41, 5.74) is 0.505. The van der Waals surface area contributed by atoms with E-state index in [1.807, 2.05) is 4.90 Å². The second kappa shape index (κ2) is 9.49. The number of benzene rings is 1. The first-order valence-electron chi connectivity index (χ1n) is 7.47. The van der Waals surface area contributed by atoms with E-state index in [4.69, 9.17) is 0 Å². The first-order valence-corrected chi connectivity index (χ1v) is 7.47. The molecule has 0 aliphatic carbocycles. The van der Waals surface area contributed by atoms with Gasteiger partial charge in [0, 0.05) is 38.6 Å². The van der Waals surface area contributed by atoms with E-state index in [2.05, 4.69) is 10.1 Å². The fourth-order valence-electron chi connectivity index (χ4n) is 2.62. The minimum absolute atomic E-state index is 0. The van der Waals surface area contributed by atoms with E-state index in [9.17, 15) is 26.3 Å². The molecule has 144 valence electrons. The molecule has 0 amide bonds. The molecule has 1 heterocycles. The van der Waals surface area contributed by atoms with Gasteiger partial charge in [-0.2, -0.15) is 17.6 Å². The van der Waals surface area contributed by atoms with Crippen LogP contribution in [0, 0.1) is 0 Å². The number of nitrogens with zero attached hydrogens (tertiary/aromatic N) is 1. The van der Waals surface area contributed by atoms with Crippen LogP contribution < -0.4 is 10.1 Å². The highest BCUT2D eigenvalue weighted by Crippen LogP contribution is 2.31. The summed E-state index contributed by atoms with van der Waals surface area (Å²) in [7, 11) is 0. The van der Waals surface area contributed by atoms with Crippen LogP contribution in [-0.2, 0) is 0 Å². The maximum Gasteiger partial charge on any atom is 0.461 e. The minimum Gasteiger partial charge on any atom is -0.428 e. The number of halogens is 7. The molecule has 0 spiro atoms. The van der Waals surface area contributed by atoms with Crippen LogP contribution in [0.25, 0.3) is 0 Å². The van der Waals surface area contributed by atoms with Gasteiger partial charge in [0.1, 0.15) is 5.75 Å². The standard InChI is InChI=1S/C15H18F6N2O.ClH/c16-13(17)9-12(23-7-5-22-6-8-23)10-1-3-11(4-2-10)24-15(20,21)14(18)19;/h1-4,12-14,22H,5-9H2;1H/t12-;/m1./s1. The van der Waals surface area contributed by atoms with Crippen LogP contribution in [-0.4, -0.2) is 50.0 Å². The van der Waals surface area contributed by atoms with Gasteiger partial charge in [0.05, 0.1) is 0 Å². The Balaban J connectivity index is 0.00000312. The predicted octanol–water partition coefficient (Wildman–Crippen LogP) is 3.95. The SMILES string of the molecule is Cl.FC(F)C[C@H](c1ccc(OC(F)(F)C(F)F)cc1)N1CCNCC1. The summed E-state index contributed by atoms with van der Waals surface area (Å²) >= 11 is 0. The molecule has 2 rings (SSSR count). The van der Waals surface area contributed by atoms with Crippen LogP contribution >= 0.6 is 12.4 Å². The maximum absolute atomic E-state index is 12.9. The Hall–Kier alpha value is -1.19. The van der Waals surface area contributed by atoms with E-state index in [0.717, 1.165) is 12.1 Å². The zero-order valence-corrected chi connectivity index (χ0v) is 13.9. The fourth-order valence-corrected chi connectivity index (χ4v) is 2.62. The van der Waals surface area contributed by atoms with Gasteiger partial charge in [-0.3, -0.25) is 4.90 Å². The third kappa shape index (κ3) is 6.23. The van der Waals surface area contributed by atoms with Crippen molar-refractivity contribution in [2.24, 2.45) is 0 Å². The number of ether oxygens (including phenoxy) is 1. The quantitative estimate of drug-likeness (QED) is 0.711. The molecule has 1 atom stereocenters. The molecule has 0 bridgehead atoms. The Morgan fingerprint density at radius 2 is 1.60 bits per heavy atom. The van der Waals surface area contributed by atoms with Gasteiger partial charge in [-0.1, -0.05) is 12.1 Å². The van der Waals surface area contributed by atoms with Crippen molar-refractivity contribution in [2.75, 3.05) is 26.2 Å². The number of piperazine rings is 1. The highest BCUT2D eigenvalue weighted by atomic mass is 35.5. The maximum atomic E-state index is 12.9. The first kappa shape index (κ1) is 21.9. The Morgan fingerprint density at radius 1 is 1.04 bits per heavy atom. The summed E-state index contributed by atoms with van der Waals surface area (Å²) in [6, 6.07) is 4.31. The summed E-state index contributed by atoms with van der Waals surface area (Å²) < 4.78 is 79.7. The number of hydrogen-bond acceptors (Lipinski definition) is 3. The van der Waals surface area contributed by atoms with E-state index >= 15 is 0 Å². The number of hydrogen-bond donors (Lipinski definition) is 1. The molecule has 1 fully saturated rings. The van der Waals surface area contributed by atoms with Gasteiger partial charge < -0.3 is 10.1 Å². The summed E-state index contributed by atoms with van der Waals surface area (Å²) in [6.07, 6.45) is -11.5. The molecule has 10 heteroatoms. The number of alkyl halides is 6. The molecule has 0 saturated carbocycles. The average molecular weight is 393 g/mol. The first-order chi connectivity index (χ1) is 11.3. The van der Waals surface area contributed by atoms with Crippen molar-refractivity contribution in [3.63, 3.8) is 0 Å². The molecule has 0 radical (unpaired) electrons. The van der Waals surface area contributed by atoms with Crippen molar-refractivity contribution in [3.05, 3.63) is 29.8 Å². The summed E-state index contributed by atoms with van der Waals surface area (Å²) in [5, 5.41) is 3.12. The second-order valence-corrected chi connectivity index (χ2v) is 5.46. The van der Waals surface area contributed by atoms with Gasteiger partial charge in [0.15, 0.2) is 0 Å². The van der Waals surface area contributed by atoms with Crippen molar-refractivity contribution in [1.29, 1.82) is 0 Å². The molecule has 1 aliphatic rings. The molecule has 1 aromatic rings. The Kier molecular flexibility index (Phi) is 8.30. The van der Waals surface area contributed by atoms with E-state index in [-0.39, 0.29) is 12.4 Å². The summed E-state index contributed by atoms with van der Waals surface area (Å²) in [6.45, 7) is 2.50. The van der Waals surface area contributed by atoms with Crippen molar-refractivity contribution >= 4 is 12.4 Å². The lowest BCUT2D eigenvalue weighted by atomic mass is 10.0. The van der Waals surface area contributed by atoms with Gasteiger partial charge in [0.25, 0.3) is 0 Å². The van der Waals surface area contributed by atoms with E-state index in [1.165, 1.54) is 12.1 Å². The van der Waals surface area contributed by atoms with Crippen molar-refractivity contribution in [2.45, 2.75) is 31.4 Å². The molecule has 3 nitrogen and oxygen atoms in total. The van der Waals surface area contributed by atoms with Crippen LogP contribution in [0.2, 0.25) is 0 Å². The van der Waals surface area contributed by atoms with Crippen LogP contribution in [0.15, 0.2) is 24.3 Å². The van der Waals surface area contributed by atoms with Crippen molar-refractivity contribution in [1.82, 2.24) is 10.2 Å². The lowest BCUT2D eigenvalue weighted by molar-refractivity contribution is -0.253. The normalized spacial score (nSPS) is 17.4. The van der Waals surface area contributed by atoms with E-state index in [0.29, 0.717) is 31.7 Å². The number of nitrogens with one attached hydrogen (secondary N) is 1. The van der Waals surface area contributed by atoms with Gasteiger partial charge in [-0.15, -0.1) is 12.4 Å². The van der Waals surface area contributed by atoms with Gasteiger partial charge >= 0.3 is 12.5 Å². The lowest BCUT2D eigenvalue weighted by Crippen LogP contribution is -2.45. The van der Waals surface area contributed by atoms with Gasteiger partial charge in [-0.05, 0) is 17.7 Å². The monoisotopic (exact) mass is 392 g/mol. The largest absolute Gasteiger partial charge is 0.461 e. The third-order valence-corrected chi connectivity index (χ3v) is 3.77. The lowest BCUT2D eigenvalue weighted by Gasteiger charge is -2.35. The molecule has 1 N–H and O–H groups in total. The summed E-state index contributed by atoms with van der Waals surface area (Å²) in [5.74, 6) is -0.444. The molecule has 1 aromatic carbocycles. The average Bonchev–Trinajstić information content (AvgIpc) is 2.54. The zero-order valence-electron chi connectivity index (χ0n) is 13.1. The minimum atomic E-state index is -4.59. The smallest absolute Gasteiger partial charge is 0.428 e. The third-order valence-electron chi connectivity index (χ3n) is 3.77. The molecule has 1 aliphatic heterocycles. The highest BCUT2D eigenvalue weighted by molar-refractivity contribution is 5.85. The van der Waals surface area contributed by atoms with E-state index in [1.54, 1.807) is 0 Å². The summed E-state index contributed by atoms with van der Waals surface area (Å²) in [4.78, 5) is 1.88. The predicted molar refractivity (Wildman–Crippen MR) is 83.1 cm³/mol.